The summed E-state index contributed by atoms with van der Waals surface area (Å²) in [5.41, 5.74) is 1.10. The number of hydrogen-bond donors (Lipinski definition) is 1. The molecule has 1 N–H and O–H groups in total. The molecule has 2 aromatic heterocycles. The van der Waals surface area contributed by atoms with E-state index in [-0.39, 0.29) is 11.9 Å². The Hall–Kier alpha value is -1.62. The predicted octanol–water partition coefficient (Wildman–Crippen LogP) is 3.85. The van der Waals surface area contributed by atoms with Gasteiger partial charge in [-0.05, 0) is 42.7 Å². The van der Waals surface area contributed by atoms with E-state index in [1.807, 2.05) is 17.8 Å². The number of hydrogen-bond acceptors (Lipinski definition) is 3. The average Bonchev–Trinajstić information content (AvgIpc) is 3.23. The van der Waals surface area contributed by atoms with Gasteiger partial charge in [-0.3, -0.25) is 9.48 Å². The molecule has 5 heteroatoms. The quantitative estimate of drug-likeness (QED) is 0.874. The third-order valence-electron chi connectivity index (χ3n) is 4.82. The van der Waals surface area contributed by atoms with Crippen LogP contribution in [0.1, 0.15) is 55.1 Å². The number of thiophene rings is 1. The van der Waals surface area contributed by atoms with Crippen LogP contribution in [0.2, 0.25) is 0 Å². The van der Waals surface area contributed by atoms with Gasteiger partial charge in [-0.25, -0.2) is 0 Å². The number of aryl methyl sites for hydroxylation is 2. The number of carbonyl (C=O) groups is 1. The molecule has 0 aromatic carbocycles. The summed E-state index contributed by atoms with van der Waals surface area (Å²) in [6.45, 7) is 0. The molecule has 0 unspecified atom stereocenters. The van der Waals surface area contributed by atoms with Crippen LogP contribution in [-0.2, 0) is 18.3 Å². The summed E-state index contributed by atoms with van der Waals surface area (Å²) in [5, 5.41) is 9.57. The minimum atomic E-state index is 0.148. The van der Waals surface area contributed by atoms with Crippen molar-refractivity contribution in [2.45, 2.75) is 51.0 Å². The fourth-order valence-electron chi connectivity index (χ4n) is 3.49. The molecule has 0 spiro atoms. The van der Waals surface area contributed by atoms with E-state index in [0.29, 0.717) is 12.3 Å². The highest BCUT2D eigenvalue weighted by atomic mass is 32.1. The highest BCUT2D eigenvalue weighted by Crippen LogP contribution is 2.36. The number of nitrogens with one attached hydrogen (secondary N) is 1. The Morgan fingerprint density at radius 1 is 1.39 bits per heavy atom. The van der Waals surface area contributed by atoms with E-state index < -0.39 is 0 Å². The number of aromatic nitrogens is 2. The monoisotopic (exact) mass is 331 g/mol. The lowest BCUT2D eigenvalue weighted by Crippen LogP contribution is -2.34. The number of rotatable bonds is 6. The van der Waals surface area contributed by atoms with Crippen LogP contribution < -0.4 is 5.32 Å². The summed E-state index contributed by atoms with van der Waals surface area (Å²) >= 11 is 1.76. The lowest BCUT2D eigenvalue weighted by Gasteiger charge is -2.30. The molecule has 124 valence electrons. The fraction of sp³-hybridized carbons (Fsp3) is 0.556. The number of amides is 1. The van der Waals surface area contributed by atoms with Crippen LogP contribution in [0.15, 0.2) is 29.8 Å². The van der Waals surface area contributed by atoms with Crippen LogP contribution in [-0.4, -0.2) is 15.7 Å². The molecule has 3 rings (SSSR count). The summed E-state index contributed by atoms with van der Waals surface area (Å²) in [4.78, 5) is 13.8. The van der Waals surface area contributed by atoms with Crippen LogP contribution in [0.4, 0.5) is 0 Å². The average molecular weight is 331 g/mol. The van der Waals surface area contributed by atoms with E-state index in [1.165, 1.54) is 37.0 Å². The molecular weight excluding hydrogens is 306 g/mol. The summed E-state index contributed by atoms with van der Waals surface area (Å²) < 4.78 is 1.84. The largest absolute Gasteiger partial charge is 0.348 e. The smallest absolute Gasteiger partial charge is 0.220 e. The van der Waals surface area contributed by atoms with Crippen molar-refractivity contribution in [1.82, 2.24) is 15.1 Å². The third kappa shape index (κ3) is 4.22. The van der Waals surface area contributed by atoms with Crippen molar-refractivity contribution in [2.24, 2.45) is 13.0 Å². The van der Waals surface area contributed by atoms with E-state index in [0.717, 1.165) is 12.1 Å². The van der Waals surface area contributed by atoms with Gasteiger partial charge in [0.25, 0.3) is 0 Å². The van der Waals surface area contributed by atoms with E-state index in [1.54, 1.807) is 17.5 Å². The summed E-state index contributed by atoms with van der Waals surface area (Å²) in [6, 6.07) is 6.41. The molecule has 1 amide bonds. The van der Waals surface area contributed by atoms with E-state index in [4.69, 9.17) is 0 Å². The van der Waals surface area contributed by atoms with Gasteiger partial charge in [0.15, 0.2) is 0 Å². The molecule has 4 nitrogen and oxygen atoms in total. The van der Waals surface area contributed by atoms with Gasteiger partial charge < -0.3 is 5.32 Å². The molecule has 0 radical (unpaired) electrons. The Morgan fingerprint density at radius 2 is 2.22 bits per heavy atom. The van der Waals surface area contributed by atoms with Crippen molar-refractivity contribution in [2.75, 3.05) is 0 Å². The second-order valence-corrected chi connectivity index (χ2v) is 7.38. The Labute approximate surface area is 141 Å². The first-order valence-corrected chi connectivity index (χ1v) is 9.41. The first-order chi connectivity index (χ1) is 11.2. The van der Waals surface area contributed by atoms with Crippen LogP contribution in [0.5, 0.6) is 0 Å². The van der Waals surface area contributed by atoms with Crippen LogP contribution in [0.25, 0.3) is 0 Å². The summed E-state index contributed by atoms with van der Waals surface area (Å²) in [6.07, 6.45) is 9.41. The minimum Gasteiger partial charge on any atom is -0.348 e. The van der Waals surface area contributed by atoms with Gasteiger partial charge in [0.05, 0.1) is 6.04 Å². The standard InChI is InChI=1S/C18H25N3OS/c1-21-15(11-12-19-21)9-10-17(22)20-18(16-8-5-13-23-16)14-6-3-2-4-7-14/h5,8,11-14,18H,2-4,6-7,9-10H2,1H3,(H,20,22)/t18-/m0/s1. The van der Waals surface area contributed by atoms with Crippen molar-refractivity contribution >= 4 is 17.2 Å². The molecule has 0 saturated heterocycles. The van der Waals surface area contributed by atoms with Gasteiger partial charge in [0.2, 0.25) is 5.91 Å². The first kappa shape index (κ1) is 16.2. The highest BCUT2D eigenvalue weighted by Gasteiger charge is 2.27. The Bertz CT molecular complexity index is 614. The summed E-state index contributed by atoms with van der Waals surface area (Å²) in [7, 11) is 1.92. The Morgan fingerprint density at radius 3 is 2.87 bits per heavy atom. The zero-order chi connectivity index (χ0) is 16.1. The van der Waals surface area contributed by atoms with Crippen molar-refractivity contribution < 1.29 is 4.79 Å². The van der Waals surface area contributed by atoms with Gasteiger partial charge in [-0.15, -0.1) is 11.3 Å². The van der Waals surface area contributed by atoms with E-state index in [9.17, 15) is 4.79 Å². The Kier molecular flexibility index (Phi) is 5.49. The van der Waals surface area contributed by atoms with Crippen molar-refractivity contribution in [3.8, 4) is 0 Å². The lowest BCUT2D eigenvalue weighted by molar-refractivity contribution is -0.122. The number of nitrogens with zero attached hydrogens (tertiary/aromatic N) is 2. The maximum atomic E-state index is 12.5. The molecule has 23 heavy (non-hydrogen) atoms. The Balaban J connectivity index is 1.61. The molecule has 2 aromatic rings. The van der Waals surface area contributed by atoms with Gasteiger partial charge in [-0.2, -0.15) is 5.10 Å². The molecule has 1 aliphatic carbocycles. The highest BCUT2D eigenvalue weighted by molar-refractivity contribution is 7.10. The molecule has 1 aliphatic rings. The van der Waals surface area contributed by atoms with E-state index in [2.05, 4.69) is 27.9 Å². The fourth-order valence-corrected chi connectivity index (χ4v) is 4.36. The maximum absolute atomic E-state index is 12.5. The zero-order valence-corrected chi connectivity index (χ0v) is 14.5. The zero-order valence-electron chi connectivity index (χ0n) is 13.7. The van der Waals surface area contributed by atoms with Crippen molar-refractivity contribution in [3.63, 3.8) is 0 Å². The predicted molar refractivity (Wildman–Crippen MR) is 93.3 cm³/mol. The van der Waals surface area contributed by atoms with E-state index >= 15 is 0 Å². The summed E-state index contributed by atoms with van der Waals surface area (Å²) in [5.74, 6) is 0.734. The van der Waals surface area contributed by atoms with Crippen molar-refractivity contribution in [3.05, 3.63) is 40.3 Å². The van der Waals surface area contributed by atoms with Crippen LogP contribution >= 0.6 is 11.3 Å². The molecule has 1 saturated carbocycles. The third-order valence-corrected chi connectivity index (χ3v) is 5.77. The normalized spacial score (nSPS) is 17.1. The van der Waals surface area contributed by atoms with Gasteiger partial charge in [0, 0.05) is 30.2 Å². The van der Waals surface area contributed by atoms with Crippen LogP contribution in [0, 0.1) is 5.92 Å². The minimum absolute atomic E-state index is 0.148. The van der Waals surface area contributed by atoms with Gasteiger partial charge in [-0.1, -0.05) is 25.3 Å². The second-order valence-electron chi connectivity index (χ2n) is 6.40. The molecule has 2 heterocycles. The molecule has 0 aliphatic heterocycles. The maximum Gasteiger partial charge on any atom is 0.220 e. The second kappa shape index (κ2) is 7.77. The van der Waals surface area contributed by atoms with Gasteiger partial charge >= 0.3 is 0 Å². The number of carbonyl (C=O) groups excluding carboxylic acids is 1. The van der Waals surface area contributed by atoms with Crippen molar-refractivity contribution in [1.29, 1.82) is 0 Å². The molecular formula is C18H25N3OS. The first-order valence-electron chi connectivity index (χ1n) is 8.53. The van der Waals surface area contributed by atoms with Crippen LogP contribution in [0.3, 0.4) is 0 Å². The SMILES string of the molecule is Cn1nccc1CCC(=O)N[C@H](c1cccs1)C1CCCCC1. The molecule has 0 bridgehead atoms. The lowest BCUT2D eigenvalue weighted by atomic mass is 9.83. The topological polar surface area (TPSA) is 46.9 Å². The molecule has 1 fully saturated rings. The molecule has 1 atom stereocenters. The van der Waals surface area contributed by atoms with Gasteiger partial charge in [0.1, 0.15) is 0 Å².